The molecule has 3 rings (SSSR count). The number of nitrogens with zero attached hydrogens (tertiary/aromatic N) is 3. The van der Waals surface area contributed by atoms with Crippen molar-refractivity contribution in [3.63, 3.8) is 0 Å². The molecule has 6 N–H and O–H groups in total. The zero-order valence-corrected chi connectivity index (χ0v) is 17.0. The summed E-state index contributed by atoms with van der Waals surface area (Å²) in [7, 11) is 1.87. The monoisotopic (exact) mass is 399 g/mol. The van der Waals surface area contributed by atoms with Crippen molar-refractivity contribution in [1.82, 2.24) is 14.8 Å². The smallest absolute Gasteiger partial charge is 0.252 e. The second-order valence-electron chi connectivity index (χ2n) is 7.16. The number of aromatic nitrogens is 3. The largest absolute Gasteiger partial charge is 0.365 e. The van der Waals surface area contributed by atoms with Crippen molar-refractivity contribution < 1.29 is 9.18 Å². The highest BCUT2D eigenvalue weighted by atomic mass is 19.1. The van der Waals surface area contributed by atoms with Crippen LogP contribution < -0.4 is 22.1 Å². The number of carbonyl (C=O) groups is 1. The molecule has 0 saturated heterocycles. The lowest BCUT2D eigenvalue weighted by Gasteiger charge is -2.22. The number of halogens is 1. The van der Waals surface area contributed by atoms with E-state index in [4.69, 9.17) is 11.5 Å². The molecule has 0 aliphatic rings. The fourth-order valence-electron chi connectivity index (χ4n) is 3.31. The molecule has 29 heavy (non-hydrogen) atoms. The van der Waals surface area contributed by atoms with Gasteiger partial charge in [-0.25, -0.2) is 9.37 Å². The summed E-state index contributed by atoms with van der Waals surface area (Å²) < 4.78 is 16.3. The van der Waals surface area contributed by atoms with Gasteiger partial charge in [-0.1, -0.05) is 6.92 Å². The van der Waals surface area contributed by atoms with Gasteiger partial charge in [-0.15, -0.1) is 0 Å². The molecule has 9 heteroatoms. The summed E-state index contributed by atoms with van der Waals surface area (Å²) >= 11 is 0. The number of benzene rings is 1. The Kier molecular flexibility index (Phi) is 5.69. The Balaban J connectivity index is 2.01. The molecule has 0 bridgehead atoms. The molecule has 0 saturated carbocycles. The van der Waals surface area contributed by atoms with Crippen LogP contribution in [0.1, 0.15) is 36.3 Å². The van der Waals surface area contributed by atoms with Gasteiger partial charge in [0.2, 0.25) is 0 Å². The minimum absolute atomic E-state index is 0.0142. The van der Waals surface area contributed by atoms with Gasteiger partial charge in [0, 0.05) is 30.2 Å². The number of hydrogen-bond acceptors (Lipinski definition) is 6. The summed E-state index contributed by atoms with van der Waals surface area (Å²) in [4.78, 5) is 16.1. The number of hydrogen-bond donors (Lipinski definition) is 4. The summed E-state index contributed by atoms with van der Waals surface area (Å²) in [6.45, 7) is 5.70. The number of amides is 1. The number of nitrogens with one attached hydrogen (secondary N) is 2. The Morgan fingerprint density at radius 2 is 2.03 bits per heavy atom. The van der Waals surface area contributed by atoms with Crippen molar-refractivity contribution in [1.29, 1.82) is 0 Å². The van der Waals surface area contributed by atoms with Gasteiger partial charge in [0.05, 0.1) is 16.8 Å². The number of primary amides is 1. The first-order valence-electron chi connectivity index (χ1n) is 9.44. The highest BCUT2D eigenvalue weighted by Crippen LogP contribution is 2.27. The topological polar surface area (TPSA) is 124 Å². The Labute approximate surface area is 168 Å². The second-order valence-corrected chi connectivity index (χ2v) is 7.16. The normalized spacial score (nSPS) is 13.3. The zero-order chi connectivity index (χ0) is 21.3. The van der Waals surface area contributed by atoms with Crippen molar-refractivity contribution in [2.75, 3.05) is 10.6 Å². The molecule has 0 spiro atoms. The SMILES string of the molecule is CC[C@@H](Nc1nc(Nc2ccc3c(c2)c(C)nn3C)c(C(N)=O)cc1F)[C@H](C)N. The molecule has 0 radical (unpaired) electrons. The number of fused-ring (bicyclic) bond motifs is 1. The third kappa shape index (κ3) is 4.14. The molecule has 154 valence electrons. The van der Waals surface area contributed by atoms with Gasteiger partial charge in [-0.05, 0) is 44.5 Å². The van der Waals surface area contributed by atoms with Gasteiger partial charge in [-0.2, -0.15) is 5.10 Å². The van der Waals surface area contributed by atoms with Crippen molar-refractivity contribution in [3.05, 3.63) is 41.3 Å². The molecule has 2 heterocycles. The summed E-state index contributed by atoms with van der Waals surface area (Å²) in [5.74, 6) is -1.26. The predicted molar refractivity (Wildman–Crippen MR) is 113 cm³/mol. The fraction of sp³-hybridized carbons (Fsp3) is 0.350. The van der Waals surface area contributed by atoms with E-state index in [0.717, 1.165) is 22.7 Å². The van der Waals surface area contributed by atoms with E-state index in [1.165, 1.54) is 0 Å². The van der Waals surface area contributed by atoms with Gasteiger partial charge in [0.15, 0.2) is 11.6 Å². The van der Waals surface area contributed by atoms with Crippen molar-refractivity contribution >= 4 is 34.1 Å². The molecule has 2 atom stereocenters. The van der Waals surface area contributed by atoms with Gasteiger partial charge < -0.3 is 22.1 Å². The van der Waals surface area contributed by atoms with E-state index in [2.05, 4.69) is 20.7 Å². The maximum Gasteiger partial charge on any atom is 0.252 e. The zero-order valence-electron chi connectivity index (χ0n) is 17.0. The molecule has 2 aromatic heterocycles. The number of nitrogens with two attached hydrogens (primary N) is 2. The molecule has 0 unspecified atom stereocenters. The predicted octanol–water partition coefficient (Wildman–Crippen LogP) is 2.80. The van der Waals surface area contributed by atoms with Crippen molar-refractivity contribution in [2.45, 2.75) is 39.3 Å². The first-order chi connectivity index (χ1) is 13.7. The van der Waals surface area contributed by atoms with Crippen LogP contribution >= 0.6 is 0 Å². The van der Waals surface area contributed by atoms with E-state index in [1.54, 1.807) is 4.68 Å². The summed E-state index contributed by atoms with van der Waals surface area (Å²) in [6.07, 6.45) is 0.691. The molecule has 8 nitrogen and oxygen atoms in total. The average Bonchev–Trinajstić information content (AvgIpc) is 2.94. The van der Waals surface area contributed by atoms with E-state index >= 15 is 0 Å². The first-order valence-corrected chi connectivity index (χ1v) is 9.44. The maximum absolute atomic E-state index is 14.5. The quantitative estimate of drug-likeness (QED) is 0.484. The Morgan fingerprint density at radius 1 is 1.31 bits per heavy atom. The van der Waals surface area contributed by atoms with Crippen LogP contribution in [0.25, 0.3) is 10.9 Å². The minimum Gasteiger partial charge on any atom is -0.365 e. The molecule has 3 aromatic rings. The molecule has 0 aliphatic heterocycles. The molecular formula is C20H26FN7O. The third-order valence-corrected chi connectivity index (χ3v) is 4.94. The van der Waals surface area contributed by atoms with Crippen LogP contribution in [0.5, 0.6) is 0 Å². The van der Waals surface area contributed by atoms with Crippen LogP contribution in [-0.2, 0) is 7.05 Å². The van der Waals surface area contributed by atoms with Crippen molar-refractivity contribution in [2.24, 2.45) is 18.5 Å². The standard InChI is InChI=1S/C20H26FN7O/c1-5-16(10(2)22)25-20-15(21)9-14(18(23)29)19(26-20)24-12-6-7-17-13(8-12)11(3)27-28(17)4/h6-10,16H,5,22H2,1-4H3,(H2,23,29)(H2,24,25,26)/t10-,16+/m0/s1. The molecule has 1 aromatic carbocycles. The Bertz CT molecular complexity index is 1060. The fourth-order valence-corrected chi connectivity index (χ4v) is 3.31. The molecule has 1 amide bonds. The second kappa shape index (κ2) is 8.04. The number of rotatable bonds is 7. The first kappa shape index (κ1) is 20.5. The summed E-state index contributed by atoms with van der Waals surface area (Å²) in [5, 5.41) is 11.5. The number of carbonyl (C=O) groups excluding carboxylic acids is 1. The van der Waals surface area contributed by atoms with Gasteiger partial charge >= 0.3 is 0 Å². The van der Waals surface area contributed by atoms with Crippen molar-refractivity contribution in [3.8, 4) is 0 Å². The average molecular weight is 399 g/mol. The molecular weight excluding hydrogens is 373 g/mol. The van der Waals surface area contributed by atoms with Crippen LogP contribution in [0.4, 0.5) is 21.7 Å². The summed E-state index contributed by atoms with van der Waals surface area (Å²) in [6, 6.07) is 6.36. The van der Waals surface area contributed by atoms with Gasteiger partial charge in [0.1, 0.15) is 5.82 Å². The third-order valence-electron chi connectivity index (χ3n) is 4.94. The van der Waals surface area contributed by atoms with E-state index in [9.17, 15) is 9.18 Å². The van der Waals surface area contributed by atoms with E-state index < -0.39 is 11.7 Å². The molecule has 0 aliphatic carbocycles. The van der Waals surface area contributed by atoms with Gasteiger partial charge in [-0.3, -0.25) is 9.48 Å². The Hall–Kier alpha value is -3.20. The maximum atomic E-state index is 14.5. The lowest BCUT2D eigenvalue weighted by molar-refractivity contribution is 0.100. The van der Waals surface area contributed by atoms with Gasteiger partial charge in [0.25, 0.3) is 5.91 Å². The van der Waals surface area contributed by atoms with E-state index in [-0.39, 0.29) is 29.3 Å². The lowest BCUT2D eigenvalue weighted by Crippen LogP contribution is -2.38. The van der Waals surface area contributed by atoms with Crippen LogP contribution in [0.3, 0.4) is 0 Å². The number of aryl methyl sites for hydroxylation is 2. The summed E-state index contributed by atoms with van der Waals surface area (Å²) in [5.41, 5.74) is 13.9. The molecule has 0 fully saturated rings. The minimum atomic E-state index is -0.775. The lowest BCUT2D eigenvalue weighted by atomic mass is 10.1. The number of anilines is 3. The highest BCUT2D eigenvalue weighted by molar-refractivity contribution is 5.99. The van der Waals surface area contributed by atoms with Crippen LogP contribution in [-0.4, -0.2) is 32.8 Å². The van der Waals surface area contributed by atoms with E-state index in [1.807, 2.05) is 46.0 Å². The van der Waals surface area contributed by atoms with E-state index in [0.29, 0.717) is 12.1 Å². The van der Waals surface area contributed by atoms with Crippen LogP contribution in [0.15, 0.2) is 24.3 Å². The van der Waals surface area contributed by atoms with Crippen LogP contribution in [0.2, 0.25) is 0 Å². The number of pyridine rings is 1. The Morgan fingerprint density at radius 3 is 2.66 bits per heavy atom. The van der Waals surface area contributed by atoms with Crippen LogP contribution in [0, 0.1) is 12.7 Å². The highest BCUT2D eigenvalue weighted by Gasteiger charge is 2.19.